The van der Waals surface area contributed by atoms with E-state index in [1.165, 1.54) is 11.3 Å². The fraction of sp³-hybridized carbons (Fsp3) is 0.372. The van der Waals surface area contributed by atoms with Crippen molar-refractivity contribution in [1.82, 2.24) is 9.80 Å². The third-order valence-corrected chi connectivity index (χ3v) is 11.5. The summed E-state index contributed by atoms with van der Waals surface area (Å²) in [6, 6.07) is 22.6. The molecular formula is C43H48N4O7S. The van der Waals surface area contributed by atoms with E-state index in [9.17, 15) is 24.0 Å². The first kappa shape index (κ1) is 39.4. The third kappa shape index (κ3) is 10.9. The van der Waals surface area contributed by atoms with E-state index in [2.05, 4.69) is 15.5 Å². The number of likely N-dealkylation sites (N-methyl/N-ethyl adjacent to an activating group) is 1. The number of thiophene rings is 1. The van der Waals surface area contributed by atoms with E-state index in [-0.39, 0.29) is 36.1 Å². The molecule has 2 aliphatic carbocycles. The predicted octanol–water partition coefficient (Wildman–Crippen LogP) is 7.29. The molecule has 2 aliphatic rings. The van der Waals surface area contributed by atoms with Crippen molar-refractivity contribution >= 4 is 51.7 Å². The lowest BCUT2D eigenvalue weighted by Crippen LogP contribution is -2.37. The van der Waals surface area contributed by atoms with Crippen molar-refractivity contribution in [3.8, 4) is 0 Å². The second kappa shape index (κ2) is 18.3. The summed E-state index contributed by atoms with van der Waals surface area (Å²) in [7, 11) is 1.75. The fourth-order valence-corrected chi connectivity index (χ4v) is 8.26. The summed E-state index contributed by atoms with van der Waals surface area (Å²) >= 11 is 1.48. The van der Waals surface area contributed by atoms with Crippen LogP contribution in [0.1, 0.15) is 103 Å². The molecule has 0 unspecified atom stereocenters. The molecule has 0 spiro atoms. The molecular weight excluding hydrogens is 717 g/mol. The number of carboxylic acid groups (broad SMARTS) is 2. The summed E-state index contributed by atoms with van der Waals surface area (Å²) < 4.78 is 0. The number of nitrogens with zero attached hydrogens (tertiary/aromatic N) is 2. The number of carbonyl (C=O) groups is 5. The maximum Gasteiger partial charge on any atom is 0.335 e. The summed E-state index contributed by atoms with van der Waals surface area (Å²) in [6.45, 7) is 1.84. The number of benzene rings is 3. The van der Waals surface area contributed by atoms with E-state index in [1.807, 2.05) is 54.6 Å². The van der Waals surface area contributed by atoms with Crippen LogP contribution in [0.4, 0.5) is 10.7 Å². The van der Waals surface area contributed by atoms with Crippen LogP contribution in [-0.2, 0) is 41.8 Å². The van der Waals surface area contributed by atoms with Gasteiger partial charge in [0, 0.05) is 61.7 Å². The van der Waals surface area contributed by atoms with Gasteiger partial charge in [0.05, 0.1) is 11.1 Å². The lowest BCUT2D eigenvalue weighted by Gasteiger charge is -2.26. The van der Waals surface area contributed by atoms with Gasteiger partial charge in [-0.25, -0.2) is 4.79 Å². The van der Waals surface area contributed by atoms with E-state index in [0.717, 1.165) is 78.5 Å². The zero-order valence-electron chi connectivity index (χ0n) is 31.1. The van der Waals surface area contributed by atoms with Gasteiger partial charge in [0.25, 0.3) is 11.8 Å². The Labute approximate surface area is 325 Å². The Balaban J connectivity index is 1.08. The molecule has 55 heavy (non-hydrogen) atoms. The maximum atomic E-state index is 13.9. The first-order chi connectivity index (χ1) is 26.5. The summed E-state index contributed by atoms with van der Waals surface area (Å²) in [5, 5.41) is 24.7. The van der Waals surface area contributed by atoms with Crippen LogP contribution in [-0.4, -0.2) is 75.9 Å². The van der Waals surface area contributed by atoms with E-state index in [1.54, 1.807) is 30.1 Å². The lowest BCUT2D eigenvalue weighted by atomic mass is 9.95. The van der Waals surface area contributed by atoms with Crippen molar-refractivity contribution in [2.45, 2.75) is 83.2 Å². The average molecular weight is 765 g/mol. The minimum atomic E-state index is -0.943. The minimum absolute atomic E-state index is 0.0192. The highest BCUT2D eigenvalue weighted by Crippen LogP contribution is 2.39. The van der Waals surface area contributed by atoms with Crippen LogP contribution in [0.5, 0.6) is 0 Å². The molecule has 0 atom stereocenters. The lowest BCUT2D eigenvalue weighted by molar-refractivity contribution is -0.137. The summed E-state index contributed by atoms with van der Waals surface area (Å²) in [5.41, 5.74) is 6.09. The molecule has 0 bridgehead atoms. The van der Waals surface area contributed by atoms with Gasteiger partial charge < -0.3 is 25.7 Å². The molecule has 0 aliphatic heterocycles. The van der Waals surface area contributed by atoms with E-state index >= 15 is 0 Å². The molecule has 1 fully saturated rings. The number of hydrogen-bond donors (Lipinski definition) is 4. The first-order valence-corrected chi connectivity index (χ1v) is 19.8. The van der Waals surface area contributed by atoms with Crippen LogP contribution in [0.2, 0.25) is 0 Å². The molecule has 3 amide bonds. The van der Waals surface area contributed by atoms with Gasteiger partial charge in [-0.15, -0.1) is 11.3 Å². The smallest absolute Gasteiger partial charge is 0.335 e. The standard InChI is InChI=1S/C43H48N4O7S/c1-46(37(48)10-5-11-38(49)50)24-25-47(34-22-23-34)27-30-6-4-7-32(26-30)40(51)45-42-39(35-8-2-3-9-36(35)55-42)41(52)44-33-20-16-29(17-21-33)13-12-28-14-18-31(19-15-28)43(53)54/h4,6-7,14-21,26,34H,2-3,5,8-13,22-25,27H2,1H3,(H,44,52)(H,45,51)(H,49,50)(H,53,54). The Morgan fingerprint density at radius 2 is 1.45 bits per heavy atom. The Morgan fingerprint density at radius 1 is 0.764 bits per heavy atom. The van der Waals surface area contributed by atoms with Crippen LogP contribution in [0.25, 0.3) is 0 Å². The normalized spacial score (nSPS) is 13.6. The molecule has 11 nitrogen and oxygen atoms in total. The molecule has 1 saturated carbocycles. The van der Waals surface area contributed by atoms with E-state index in [4.69, 9.17) is 10.2 Å². The van der Waals surface area contributed by atoms with Gasteiger partial charge in [0.1, 0.15) is 5.00 Å². The highest BCUT2D eigenvalue weighted by atomic mass is 32.1. The van der Waals surface area contributed by atoms with Gasteiger partial charge in [0.2, 0.25) is 5.91 Å². The molecule has 1 aromatic heterocycles. The van der Waals surface area contributed by atoms with Gasteiger partial charge in [-0.1, -0.05) is 36.4 Å². The molecule has 6 rings (SSSR count). The van der Waals surface area contributed by atoms with Gasteiger partial charge >= 0.3 is 11.9 Å². The highest BCUT2D eigenvalue weighted by Gasteiger charge is 2.30. The minimum Gasteiger partial charge on any atom is -0.481 e. The number of aryl methyl sites for hydroxylation is 3. The number of nitrogens with one attached hydrogen (secondary N) is 2. The van der Waals surface area contributed by atoms with Crippen LogP contribution in [0, 0.1) is 0 Å². The zero-order chi connectivity index (χ0) is 38.9. The Morgan fingerprint density at radius 3 is 2.13 bits per heavy atom. The first-order valence-electron chi connectivity index (χ1n) is 19.0. The van der Waals surface area contributed by atoms with Gasteiger partial charge in [-0.2, -0.15) is 0 Å². The number of anilines is 2. The average Bonchev–Trinajstić information content (AvgIpc) is 3.96. The molecule has 4 aromatic rings. The van der Waals surface area contributed by atoms with Crippen molar-refractivity contribution in [3.05, 3.63) is 117 Å². The topological polar surface area (TPSA) is 156 Å². The molecule has 288 valence electrons. The van der Waals surface area contributed by atoms with Crippen molar-refractivity contribution < 1.29 is 34.2 Å². The Hall–Kier alpha value is -5.33. The largest absolute Gasteiger partial charge is 0.481 e. The second-order valence-electron chi connectivity index (χ2n) is 14.5. The van der Waals surface area contributed by atoms with Crippen LogP contribution < -0.4 is 10.6 Å². The van der Waals surface area contributed by atoms with Crippen LogP contribution >= 0.6 is 11.3 Å². The fourth-order valence-electron chi connectivity index (χ4n) is 6.98. The SMILES string of the molecule is CN(CCN(Cc1cccc(C(=O)Nc2sc3c(c2C(=O)Nc2ccc(CCc4ccc(C(=O)O)cc4)cc2)CCCC3)c1)C1CC1)C(=O)CCCC(=O)O. The number of amides is 3. The highest BCUT2D eigenvalue weighted by molar-refractivity contribution is 7.17. The van der Waals surface area contributed by atoms with Crippen molar-refractivity contribution in [3.63, 3.8) is 0 Å². The van der Waals surface area contributed by atoms with Gasteiger partial charge in [0.15, 0.2) is 0 Å². The van der Waals surface area contributed by atoms with Crippen LogP contribution in [0.15, 0.2) is 72.8 Å². The monoisotopic (exact) mass is 764 g/mol. The molecule has 1 heterocycles. The molecule has 3 aromatic carbocycles. The van der Waals surface area contributed by atoms with E-state index < -0.39 is 11.9 Å². The molecule has 12 heteroatoms. The summed E-state index contributed by atoms with van der Waals surface area (Å²) in [4.78, 5) is 67.2. The third-order valence-electron chi connectivity index (χ3n) is 10.3. The van der Waals surface area contributed by atoms with Crippen molar-refractivity contribution in [2.75, 3.05) is 30.8 Å². The number of carbonyl (C=O) groups excluding carboxylic acids is 3. The van der Waals surface area contributed by atoms with Crippen molar-refractivity contribution in [2.24, 2.45) is 0 Å². The number of aliphatic carboxylic acids is 1. The number of aromatic carboxylic acids is 1. The molecule has 0 saturated heterocycles. The quantitative estimate of drug-likeness (QED) is 0.0823. The van der Waals surface area contributed by atoms with Gasteiger partial charge in [-0.05, 0) is 116 Å². The predicted molar refractivity (Wildman–Crippen MR) is 213 cm³/mol. The Bertz CT molecular complexity index is 2020. The summed E-state index contributed by atoms with van der Waals surface area (Å²) in [5.74, 6) is -2.43. The van der Waals surface area contributed by atoms with Crippen LogP contribution in [0.3, 0.4) is 0 Å². The van der Waals surface area contributed by atoms with E-state index in [0.29, 0.717) is 53.9 Å². The summed E-state index contributed by atoms with van der Waals surface area (Å²) in [6.07, 6.45) is 7.90. The van der Waals surface area contributed by atoms with Gasteiger partial charge in [-0.3, -0.25) is 24.1 Å². The number of fused-ring (bicyclic) bond motifs is 1. The second-order valence-corrected chi connectivity index (χ2v) is 15.6. The molecule has 4 N–H and O–H groups in total. The number of hydrogen-bond acceptors (Lipinski definition) is 7. The number of rotatable bonds is 18. The van der Waals surface area contributed by atoms with Crippen molar-refractivity contribution in [1.29, 1.82) is 0 Å². The molecule has 0 radical (unpaired) electrons. The Kier molecular flexibility index (Phi) is 13.1. The maximum absolute atomic E-state index is 13.9. The number of carboxylic acids is 2. The zero-order valence-corrected chi connectivity index (χ0v) is 32.0.